The van der Waals surface area contributed by atoms with E-state index in [0.717, 1.165) is 11.1 Å². The van der Waals surface area contributed by atoms with Gasteiger partial charge in [0.25, 0.3) is 0 Å². The molecule has 1 saturated heterocycles. The Kier molecular flexibility index (Phi) is 6.25. The lowest BCUT2D eigenvalue weighted by Gasteiger charge is -2.32. The van der Waals surface area contributed by atoms with E-state index in [9.17, 15) is 5.11 Å². The van der Waals surface area contributed by atoms with Crippen molar-refractivity contribution in [3.63, 3.8) is 0 Å². The van der Waals surface area contributed by atoms with Crippen LogP contribution in [0.25, 0.3) is 0 Å². The molecule has 30 heavy (non-hydrogen) atoms. The standard InChI is InChI=1S/C27H40N2O/c1-26(2,3)22-17-20(18-23(25(22)30)27(4,5)6)24(29-15-9-10-16-29)19-11-13-21(14-12-19)28(7)8/h11-14,17-18,24,30H,9-10,15-16H2,1-8H3/p+1/t24-/m0/s1. The molecule has 3 rings (SSSR count). The van der Waals surface area contributed by atoms with E-state index in [1.165, 1.54) is 42.7 Å². The van der Waals surface area contributed by atoms with Crippen LogP contribution in [0.1, 0.15) is 82.7 Å². The van der Waals surface area contributed by atoms with Crippen molar-refractivity contribution in [3.8, 4) is 5.75 Å². The number of nitrogens with one attached hydrogen (secondary N) is 1. The molecule has 0 radical (unpaired) electrons. The second-order valence-corrected chi connectivity index (χ2v) is 11.2. The number of hydrogen-bond donors (Lipinski definition) is 2. The predicted molar refractivity (Wildman–Crippen MR) is 128 cm³/mol. The van der Waals surface area contributed by atoms with Gasteiger partial charge >= 0.3 is 0 Å². The maximum absolute atomic E-state index is 11.2. The number of phenols is 1. The fraction of sp³-hybridized carbons (Fsp3) is 0.556. The van der Waals surface area contributed by atoms with Crippen molar-refractivity contribution in [3.05, 3.63) is 58.7 Å². The lowest BCUT2D eigenvalue weighted by molar-refractivity contribution is -0.913. The van der Waals surface area contributed by atoms with Crippen LogP contribution in [-0.2, 0) is 10.8 Å². The molecule has 0 bridgehead atoms. The number of likely N-dealkylation sites (tertiary alicyclic amines) is 1. The molecule has 0 saturated carbocycles. The zero-order chi connectivity index (χ0) is 22.3. The topological polar surface area (TPSA) is 27.9 Å². The van der Waals surface area contributed by atoms with Crippen LogP contribution in [0.5, 0.6) is 5.75 Å². The van der Waals surface area contributed by atoms with E-state index in [0.29, 0.717) is 11.8 Å². The Morgan fingerprint density at radius 3 is 1.67 bits per heavy atom. The minimum Gasteiger partial charge on any atom is -0.507 e. The molecule has 1 heterocycles. The summed E-state index contributed by atoms with van der Waals surface area (Å²) in [5.41, 5.74) is 5.81. The number of quaternary nitrogens is 1. The van der Waals surface area contributed by atoms with Crippen molar-refractivity contribution in [2.24, 2.45) is 0 Å². The highest BCUT2D eigenvalue weighted by Crippen LogP contribution is 2.41. The van der Waals surface area contributed by atoms with Gasteiger partial charge in [-0.2, -0.15) is 0 Å². The van der Waals surface area contributed by atoms with Crippen LogP contribution in [0.3, 0.4) is 0 Å². The molecule has 1 aliphatic rings. The Labute approximate surface area is 183 Å². The van der Waals surface area contributed by atoms with Gasteiger partial charge in [-0.3, -0.25) is 0 Å². The van der Waals surface area contributed by atoms with E-state index in [1.54, 1.807) is 4.90 Å². The highest BCUT2D eigenvalue weighted by atomic mass is 16.3. The monoisotopic (exact) mass is 409 g/mol. The van der Waals surface area contributed by atoms with Crippen molar-refractivity contribution >= 4 is 5.69 Å². The smallest absolute Gasteiger partial charge is 0.139 e. The van der Waals surface area contributed by atoms with Crippen LogP contribution in [0, 0.1) is 0 Å². The third-order valence-corrected chi connectivity index (χ3v) is 6.48. The van der Waals surface area contributed by atoms with Gasteiger partial charge < -0.3 is 14.9 Å². The van der Waals surface area contributed by atoms with E-state index in [2.05, 4.69) is 96.9 Å². The number of phenolic OH excluding ortho intramolecular Hbond substituents is 1. The Morgan fingerprint density at radius 2 is 1.27 bits per heavy atom. The molecule has 2 aromatic rings. The molecular weight excluding hydrogens is 368 g/mol. The van der Waals surface area contributed by atoms with Crippen molar-refractivity contribution < 1.29 is 10.0 Å². The molecule has 3 nitrogen and oxygen atoms in total. The summed E-state index contributed by atoms with van der Waals surface area (Å²) in [5, 5.41) is 11.2. The van der Waals surface area contributed by atoms with Gasteiger partial charge in [0.05, 0.1) is 13.1 Å². The Hall–Kier alpha value is -2.00. The molecule has 1 aliphatic heterocycles. The highest BCUT2D eigenvalue weighted by Gasteiger charge is 2.33. The third-order valence-electron chi connectivity index (χ3n) is 6.48. The average Bonchev–Trinajstić information content (AvgIpc) is 3.15. The van der Waals surface area contributed by atoms with Gasteiger partial charge in [0.1, 0.15) is 11.8 Å². The van der Waals surface area contributed by atoms with Crippen molar-refractivity contribution in [2.45, 2.75) is 71.3 Å². The summed E-state index contributed by atoms with van der Waals surface area (Å²) in [6, 6.07) is 13.9. The van der Waals surface area contributed by atoms with Gasteiger partial charge in [-0.15, -0.1) is 0 Å². The first-order valence-electron chi connectivity index (χ1n) is 11.4. The Balaban J connectivity index is 2.20. The van der Waals surface area contributed by atoms with E-state index in [1.807, 2.05) is 0 Å². The Morgan fingerprint density at radius 1 is 0.800 bits per heavy atom. The summed E-state index contributed by atoms with van der Waals surface area (Å²) in [7, 11) is 4.17. The number of anilines is 1. The zero-order valence-corrected chi connectivity index (χ0v) is 20.3. The zero-order valence-electron chi connectivity index (χ0n) is 20.3. The molecule has 0 amide bonds. The number of benzene rings is 2. The fourth-order valence-electron chi connectivity index (χ4n) is 4.71. The lowest BCUT2D eigenvalue weighted by Crippen LogP contribution is -3.10. The number of aromatic hydroxyl groups is 1. The van der Waals surface area contributed by atoms with Gasteiger partial charge in [-0.25, -0.2) is 0 Å². The van der Waals surface area contributed by atoms with Crippen LogP contribution < -0.4 is 9.80 Å². The van der Waals surface area contributed by atoms with Crippen LogP contribution >= 0.6 is 0 Å². The van der Waals surface area contributed by atoms with Crippen LogP contribution in [0.15, 0.2) is 36.4 Å². The summed E-state index contributed by atoms with van der Waals surface area (Å²) in [5.74, 6) is 0.469. The minimum atomic E-state index is -0.111. The van der Waals surface area contributed by atoms with Crippen molar-refractivity contribution in [1.29, 1.82) is 0 Å². The third kappa shape index (κ3) is 4.67. The van der Waals surface area contributed by atoms with E-state index < -0.39 is 0 Å². The molecule has 2 N–H and O–H groups in total. The molecule has 1 atom stereocenters. The van der Waals surface area contributed by atoms with E-state index in [4.69, 9.17) is 0 Å². The molecular formula is C27H41N2O+. The van der Waals surface area contributed by atoms with Crippen molar-refractivity contribution in [2.75, 3.05) is 32.1 Å². The summed E-state index contributed by atoms with van der Waals surface area (Å²) in [4.78, 5) is 3.79. The van der Waals surface area contributed by atoms with Gasteiger partial charge in [0, 0.05) is 54.9 Å². The SMILES string of the molecule is CN(C)c1ccc([C@@H](c2cc(C(C)(C)C)c(O)c(C(C)(C)C)c2)[NH+]2CCCC2)cc1. The largest absolute Gasteiger partial charge is 0.507 e. The number of hydrogen-bond acceptors (Lipinski definition) is 2. The maximum Gasteiger partial charge on any atom is 0.139 e. The summed E-state index contributed by atoms with van der Waals surface area (Å²) in [6.45, 7) is 15.6. The maximum atomic E-state index is 11.2. The first kappa shape index (κ1) is 22.7. The van der Waals surface area contributed by atoms with Crippen molar-refractivity contribution in [1.82, 2.24) is 0 Å². The van der Waals surface area contributed by atoms with Gasteiger partial charge in [-0.1, -0.05) is 53.7 Å². The second-order valence-electron chi connectivity index (χ2n) is 11.2. The predicted octanol–water partition coefficient (Wildman–Crippen LogP) is 4.82. The molecule has 0 aromatic heterocycles. The minimum absolute atomic E-state index is 0.111. The molecule has 0 unspecified atom stereocenters. The molecule has 3 heteroatoms. The van der Waals surface area contributed by atoms with Gasteiger partial charge in [0.15, 0.2) is 0 Å². The first-order chi connectivity index (χ1) is 13.9. The van der Waals surface area contributed by atoms with Gasteiger partial charge in [0.2, 0.25) is 0 Å². The molecule has 0 spiro atoms. The average molecular weight is 410 g/mol. The quantitative estimate of drug-likeness (QED) is 0.758. The summed E-state index contributed by atoms with van der Waals surface area (Å²) in [6.07, 6.45) is 2.58. The number of rotatable bonds is 4. The van der Waals surface area contributed by atoms with E-state index >= 15 is 0 Å². The lowest BCUT2D eigenvalue weighted by atomic mass is 9.77. The molecule has 0 aliphatic carbocycles. The van der Waals surface area contributed by atoms with Crippen LogP contribution in [0.4, 0.5) is 5.69 Å². The van der Waals surface area contributed by atoms with E-state index in [-0.39, 0.29) is 10.8 Å². The second kappa shape index (κ2) is 8.26. The molecule has 1 fully saturated rings. The normalized spacial score (nSPS) is 16.7. The number of nitrogens with zero attached hydrogens (tertiary/aromatic N) is 1. The van der Waals surface area contributed by atoms with Crippen LogP contribution in [-0.4, -0.2) is 32.3 Å². The first-order valence-corrected chi connectivity index (χ1v) is 11.4. The van der Waals surface area contributed by atoms with Crippen LogP contribution in [0.2, 0.25) is 0 Å². The summed E-state index contributed by atoms with van der Waals surface area (Å²) >= 11 is 0. The molecule has 2 aromatic carbocycles. The highest BCUT2D eigenvalue weighted by molar-refractivity contribution is 5.52. The Bertz CT molecular complexity index is 828. The van der Waals surface area contributed by atoms with Gasteiger partial charge in [-0.05, 0) is 35.1 Å². The summed E-state index contributed by atoms with van der Waals surface area (Å²) < 4.78 is 0. The molecule has 164 valence electrons. The fourth-order valence-corrected chi connectivity index (χ4v) is 4.71.